The lowest BCUT2D eigenvalue weighted by molar-refractivity contribution is -0.149. The number of halogens is 1. The molecule has 1 atom stereocenters. The molecule has 0 N–H and O–H groups in total. The van der Waals surface area contributed by atoms with Gasteiger partial charge in [0.25, 0.3) is 0 Å². The fourth-order valence-corrected chi connectivity index (χ4v) is 2.51. The smallest absolute Gasteiger partial charge is 0.310 e. The monoisotopic (exact) mass is 261 g/mol. The molecule has 1 rings (SSSR count). The SMILES string of the molecule is CCOC(=O)C1CCCN(CCCCCCl)C1. The Labute approximate surface area is 109 Å². The summed E-state index contributed by atoms with van der Waals surface area (Å²) in [6.07, 6.45) is 5.55. The molecule has 0 aromatic carbocycles. The highest BCUT2D eigenvalue weighted by Gasteiger charge is 2.26. The van der Waals surface area contributed by atoms with E-state index in [2.05, 4.69) is 4.90 Å². The Morgan fingerprint density at radius 1 is 1.41 bits per heavy atom. The highest BCUT2D eigenvalue weighted by molar-refractivity contribution is 6.17. The highest BCUT2D eigenvalue weighted by atomic mass is 35.5. The Balaban J connectivity index is 2.21. The Hall–Kier alpha value is -0.280. The molecule has 1 fully saturated rings. The van der Waals surface area contributed by atoms with E-state index in [1.807, 2.05) is 6.92 Å². The third-order valence-electron chi connectivity index (χ3n) is 3.23. The Bertz CT molecular complexity index is 223. The molecule has 3 nitrogen and oxygen atoms in total. The van der Waals surface area contributed by atoms with Crippen molar-refractivity contribution < 1.29 is 9.53 Å². The van der Waals surface area contributed by atoms with E-state index in [9.17, 15) is 4.79 Å². The molecule has 0 amide bonds. The summed E-state index contributed by atoms with van der Waals surface area (Å²) < 4.78 is 5.09. The number of esters is 1. The van der Waals surface area contributed by atoms with Gasteiger partial charge >= 0.3 is 5.97 Å². The van der Waals surface area contributed by atoms with Crippen molar-refractivity contribution in [2.24, 2.45) is 5.92 Å². The van der Waals surface area contributed by atoms with Gasteiger partial charge in [-0.25, -0.2) is 0 Å². The number of unbranched alkanes of at least 4 members (excludes halogenated alkanes) is 2. The minimum atomic E-state index is -0.0158. The van der Waals surface area contributed by atoms with Gasteiger partial charge in [0.2, 0.25) is 0 Å². The second-order valence-corrected chi connectivity index (χ2v) is 5.02. The average Bonchev–Trinajstić information content (AvgIpc) is 2.35. The van der Waals surface area contributed by atoms with Crippen LogP contribution in [0.5, 0.6) is 0 Å². The van der Waals surface area contributed by atoms with Gasteiger partial charge in [0, 0.05) is 12.4 Å². The van der Waals surface area contributed by atoms with Crippen LogP contribution in [0.1, 0.15) is 39.0 Å². The maximum Gasteiger partial charge on any atom is 0.310 e. The lowest BCUT2D eigenvalue weighted by atomic mass is 9.98. The molecule has 1 saturated heterocycles. The summed E-state index contributed by atoms with van der Waals surface area (Å²) in [4.78, 5) is 14.0. The maximum absolute atomic E-state index is 11.7. The zero-order valence-corrected chi connectivity index (χ0v) is 11.5. The zero-order chi connectivity index (χ0) is 12.5. The van der Waals surface area contributed by atoms with Crippen molar-refractivity contribution in [3.8, 4) is 0 Å². The van der Waals surface area contributed by atoms with Gasteiger partial charge in [-0.3, -0.25) is 4.79 Å². The highest BCUT2D eigenvalue weighted by Crippen LogP contribution is 2.18. The Morgan fingerprint density at radius 2 is 2.24 bits per heavy atom. The minimum Gasteiger partial charge on any atom is -0.466 e. The van der Waals surface area contributed by atoms with Gasteiger partial charge < -0.3 is 9.64 Å². The van der Waals surface area contributed by atoms with Crippen molar-refractivity contribution in [3.63, 3.8) is 0 Å². The van der Waals surface area contributed by atoms with Gasteiger partial charge in [-0.2, -0.15) is 0 Å². The molecule has 4 heteroatoms. The van der Waals surface area contributed by atoms with Gasteiger partial charge in [0.15, 0.2) is 0 Å². The van der Waals surface area contributed by atoms with Crippen molar-refractivity contribution in [1.29, 1.82) is 0 Å². The summed E-state index contributed by atoms with van der Waals surface area (Å²) in [6.45, 7) is 5.44. The molecule has 1 heterocycles. The molecule has 100 valence electrons. The fraction of sp³-hybridized carbons (Fsp3) is 0.923. The number of alkyl halides is 1. The number of piperidine rings is 1. The van der Waals surface area contributed by atoms with Crippen LogP contribution in [0, 0.1) is 5.92 Å². The summed E-state index contributed by atoms with van der Waals surface area (Å²) in [5.41, 5.74) is 0. The van der Waals surface area contributed by atoms with Crippen LogP contribution < -0.4 is 0 Å². The number of hydrogen-bond donors (Lipinski definition) is 0. The van der Waals surface area contributed by atoms with E-state index in [1.165, 1.54) is 12.8 Å². The van der Waals surface area contributed by atoms with Crippen LogP contribution in [0.25, 0.3) is 0 Å². The van der Waals surface area contributed by atoms with Crippen LogP contribution in [-0.2, 0) is 9.53 Å². The summed E-state index contributed by atoms with van der Waals surface area (Å²) in [5.74, 6) is 0.834. The molecule has 0 aromatic rings. The van der Waals surface area contributed by atoms with E-state index >= 15 is 0 Å². The van der Waals surface area contributed by atoms with Gasteiger partial charge in [0.1, 0.15) is 0 Å². The van der Waals surface area contributed by atoms with E-state index in [0.717, 1.165) is 44.8 Å². The van der Waals surface area contributed by atoms with E-state index in [4.69, 9.17) is 16.3 Å². The molecule has 0 spiro atoms. The number of carbonyl (C=O) groups is 1. The van der Waals surface area contributed by atoms with Crippen molar-refractivity contribution in [2.75, 3.05) is 32.1 Å². The molecule has 17 heavy (non-hydrogen) atoms. The summed E-state index contributed by atoms with van der Waals surface area (Å²) in [5, 5.41) is 0. The van der Waals surface area contributed by atoms with Crippen LogP contribution in [-0.4, -0.2) is 43.0 Å². The van der Waals surface area contributed by atoms with Crippen molar-refractivity contribution in [2.45, 2.75) is 39.0 Å². The molecule has 1 unspecified atom stereocenters. The second kappa shape index (κ2) is 8.76. The first-order chi connectivity index (χ1) is 8.27. The van der Waals surface area contributed by atoms with Crippen LogP contribution >= 0.6 is 11.6 Å². The Morgan fingerprint density at radius 3 is 2.94 bits per heavy atom. The molecule has 0 bridgehead atoms. The predicted octanol–water partition coefficient (Wildman–Crippen LogP) is 2.67. The largest absolute Gasteiger partial charge is 0.466 e. The van der Waals surface area contributed by atoms with Gasteiger partial charge in [0.05, 0.1) is 12.5 Å². The number of nitrogens with zero attached hydrogens (tertiary/aromatic N) is 1. The molecule has 0 saturated carbocycles. The third-order valence-corrected chi connectivity index (χ3v) is 3.50. The molecule has 0 aromatic heterocycles. The molecule has 0 radical (unpaired) electrons. The van der Waals surface area contributed by atoms with Crippen molar-refractivity contribution >= 4 is 17.6 Å². The molecular weight excluding hydrogens is 238 g/mol. The maximum atomic E-state index is 11.7. The number of rotatable bonds is 7. The third kappa shape index (κ3) is 5.73. The number of hydrogen-bond acceptors (Lipinski definition) is 3. The first-order valence-electron chi connectivity index (χ1n) is 6.73. The van der Waals surface area contributed by atoms with Crippen molar-refractivity contribution in [1.82, 2.24) is 4.90 Å². The average molecular weight is 262 g/mol. The zero-order valence-electron chi connectivity index (χ0n) is 10.8. The van der Waals surface area contributed by atoms with Gasteiger partial charge in [-0.15, -0.1) is 11.6 Å². The number of ether oxygens (including phenoxy) is 1. The number of likely N-dealkylation sites (tertiary alicyclic amines) is 1. The standard InChI is InChI=1S/C13H24ClNO2/c1-2-17-13(16)12-7-6-10-15(11-12)9-5-3-4-8-14/h12H,2-11H2,1H3. The topological polar surface area (TPSA) is 29.5 Å². The first kappa shape index (κ1) is 14.8. The lowest BCUT2D eigenvalue weighted by Gasteiger charge is -2.31. The quantitative estimate of drug-likeness (QED) is 0.401. The van der Waals surface area contributed by atoms with Gasteiger partial charge in [-0.1, -0.05) is 6.42 Å². The lowest BCUT2D eigenvalue weighted by Crippen LogP contribution is -2.39. The van der Waals surface area contributed by atoms with E-state index in [1.54, 1.807) is 0 Å². The summed E-state index contributed by atoms with van der Waals surface area (Å²) in [6, 6.07) is 0. The fourth-order valence-electron chi connectivity index (χ4n) is 2.32. The first-order valence-corrected chi connectivity index (χ1v) is 7.26. The van der Waals surface area contributed by atoms with Crippen LogP contribution in [0.4, 0.5) is 0 Å². The van der Waals surface area contributed by atoms with Crippen LogP contribution in [0.2, 0.25) is 0 Å². The Kier molecular flexibility index (Phi) is 7.62. The van der Waals surface area contributed by atoms with Crippen LogP contribution in [0.3, 0.4) is 0 Å². The van der Waals surface area contributed by atoms with Crippen molar-refractivity contribution in [3.05, 3.63) is 0 Å². The van der Waals surface area contributed by atoms with E-state index in [0.29, 0.717) is 6.61 Å². The predicted molar refractivity (Wildman–Crippen MR) is 70.4 cm³/mol. The van der Waals surface area contributed by atoms with Gasteiger partial charge in [-0.05, 0) is 45.7 Å². The summed E-state index contributed by atoms with van der Waals surface area (Å²) in [7, 11) is 0. The molecule has 0 aliphatic carbocycles. The van der Waals surface area contributed by atoms with E-state index in [-0.39, 0.29) is 11.9 Å². The van der Waals surface area contributed by atoms with Crippen LogP contribution in [0.15, 0.2) is 0 Å². The normalized spacial score (nSPS) is 21.4. The number of carbonyl (C=O) groups excluding carboxylic acids is 1. The molecule has 1 aliphatic rings. The molecular formula is C13H24ClNO2. The molecule has 1 aliphatic heterocycles. The van der Waals surface area contributed by atoms with E-state index < -0.39 is 0 Å². The summed E-state index contributed by atoms with van der Waals surface area (Å²) >= 11 is 5.65. The second-order valence-electron chi connectivity index (χ2n) is 4.64. The minimum absolute atomic E-state index is 0.0158.